The molecule has 8 heteroatoms. The van der Waals surface area contributed by atoms with Crippen LogP contribution in [0.4, 0.5) is 0 Å². The Kier molecular flexibility index (Phi) is 5.03. The first-order valence-electron chi connectivity index (χ1n) is 8.97. The average molecular weight is 392 g/mol. The Morgan fingerprint density at radius 3 is 2.89 bits per heavy atom. The number of carbonyl (C=O) groups excluding carboxylic acids is 1. The number of amides is 1. The number of aryl methyl sites for hydroxylation is 1. The van der Waals surface area contributed by atoms with Gasteiger partial charge in [0.15, 0.2) is 11.5 Å². The van der Waals surface area contributed by atoms with Crippen LogP contribution in [-0.2, 0) is 6.42 Å². The minimum Gasteiger partial charge on any atom is -0.350 e. The molecule has 0 saturated heterocycles. The topological polar surface area (TPSA) is 88.5 Å². The summed E-state index contributed by atoms with van der Waals surface area (Å²) < 4.78 is 1.84. The van der Waals surface area contributed by atoms with Gasteiger partial charge in [0.2, 0.25) is 0 Å². The molecule has 0 fully saturated rings. The van der Waals surface area contributed by atoms with Gasteiger partial charge in [0.25, 0.3) is 5.91 Å². The number of H-pyrrole nitrogens is 1. The molecule has 4 heterocycles. The summed E-state index contributed by atoms with van der Waals surface area (Å²) in [7, 11) is 0. The zero-order valence-corrected chi connectivity index (χ0v) is 16.5. The van der Waals surface area contributed by atoms with Crippen LogP contribution in [0, 0.1) is 13.8 Å². The van der Waals surface area contributed by atoms with Crippen LogP contribution in [0.5, 0.6) is 0 Å². The summed E-state index contributed by atoms with van der Waals surface area (Å²) in [5.41, 5.74) is 4.33. The van der Waals surface area contributed by atoms with Crippen LogP contribution in [0.1, 0.15) is 27.4 Å². The molecule has 0 aliphatic rings. The van der Waals surface area contributed by atoms with Gasteiger partial charge in [0.05, 0.1) is 16.3 Å². The number of rotatable bonds is 6. The van der Waals surface area contributed by atoms with E-state index in [1.165, 1.54) is 0 Å². The molecule has 0 unspecified atom stereocenters. The molecule has 0 saturated carbocycles. The number of nitrogens with one attached hydrogen (secondary N) is 2. The maximum absolute atomic E-state index is 12.4. The fourth-order valence-electron chi connectivity index (χ4n) is 3.13. The average Bonchev–Trinajstić information content (AvgIpc) is 3.45. The number of hydrogen-bond donors (Lipinski definition) is 2. The minimum absolute atomic E-state index is 0.188. The maximum Gasteiger partial charge on any atom is 0.271 e. The van der Waals surface area contributed by atoms with Crippen molar-refractivity contribution in [2.24, 2.45) is 0 Å². The Hall–Kier alpha value is -3.26. The van der Waals surface area contributed by atoms with Gasteiger partial charge >= 0.3 is 0 Å². The number of aromatic nitrogens is 5. The summed E-state index contributed by atoms with van der Waals surface area (Å²) in [5.74, 6) is 0.600. The first-order chi connectivity index (χ1) is 13.6. The quantitative estimate of drug-likeness (QED) is 0.527. The van der Waals surface area contributed by atoms with Gasteiger partial charge in [0, 0.05) is 18.4 Å². The fourth-order valence-corrected chi connectivity index (χ4v) is 3.82. The van der Waals surface area contributed by atoms with Crippen molar-refractivity contribution in [2.45, 2.75) is 20.3 Å². The molecular formula is C20H20N6OS. The molecule has 1 amide bonds. The summed E-state index contributed by atoms with van der Waals surface area (Å²) in [6.45, 7) is 4.51. The Morgan fingerprint density at radius 1 is 1.25 bits per heavy atom. The number of hydrogen-bond acceptors (Lipinski definition) is 5. The Bertz CT molecular complexity index is 1080. The fraction of sp³-hybridized carbons (Fsp3) is 0.200. The SMILES string of the molecule is Cc1nn(-c2ccccn2)c(C)c1CCNC(=O)c1cc(-c2cccs2)[nH]n1. The van der Waals surface area contributed by atoms with Gasteiger partial charge in [-0.2, -0.15) is 10.2 Å². The van der Waals surface area contributed by atoms with Crippen molar-refractivity contribution < 1.29 is 4.79 Å². The number of carbonyl (C=O) groups is 1. The van der Waals surface area contributed by atoms with Crippen molar-refractivity contribution in [3.8, 4) is 16.4 Å². The van der Waals surface area contributed by atoms with Crippen molar-refractivity contribution in [1.82, 2.24) is 30.3 Å². The zero-order valence-electron chi connectivity index (χ0n) is 15.6. The molecule has 0 aliphatic heterocycles. The second-order valence-electron chi connectivity index (χ2n) is 6.40. The Balaban J connectivity index is 1.40. The Labute approximate surface area is 166 Å². The lowest BCUT2D eigenvalue weighted by Crippen LogP contribution is -2.26. The number of pyridine rings is 1. The lowest BCUT2D eigenvalue weighted by molar-refractivity contribution is 0.0949. The second kappa shape index (κ2) is 7.77. The molecule has 142 valence electrons. The third kappa shape index (κ3) is 3.59. The maximum atomic E-state index is 12.4. The highest BCUT2D eigenvalue weighted by molar-refractivity contribution is 7.13. The van der Waals surface area contributed by atoms with Crippen LogP contribution in [0.15, 0.2) is 48.0 Å². The van der Waals surface area contributed by atoms with Crippen molar-refractivity contribution in [3.05, 3.63) is 70.6 Å². The first-order valence-corrected chi connectivity index (χ1v) is 9.85. The monoisotopic (exact) mass is 392 g/mol. The van der Waals surface area contributed by atoms with E-state index in [4.69, 9.17) is 0 Å². The zero-order chi connectivity index (χ0) is 19.5. The van der Waals surface area contributed by atoms with Gasteiger partial charge in [-0.25, -0.2) is 9.67 Å². The second-order valence-corrected chi connectivity index (χ2v) is 7.35. The van der Waals surface area contributed by atoms with Crippen LogP contribution < -0.4 is 5.32 Å². The summed E-state index contributed by atoms with van der Waals surface area (Å²) in [6.07, 6.45) is 2.44. The minimum atomic E-state index is -0.188. The number of aromatic amines is 1. The molecule has 0 aromatic carbocycles. The van der Waals surface area contributed by atoms with Crippen LogP contribution >= 0.6 is 11.3 Å². The van der Waals surface area contributed by atoms with Gasteiger partial charge in [-0.05, 0) is 55.5 Å². The summed E-state index contributed by atoms with van der Waals surface area (Å²) in [6, 6.07) is 11.5. The van der Waals surface area contributed by atoms with Gasteiger partial charge in [-0.15, -0.1) is 11.3 Å². The molecule has 7 nitrogen and oxygen atoms in total. The highest BCUT2D eigenvalue weighted by Gasteiger charge is 2.15. The van der Waals surface area contributed by atoms with Crippen LogP contribution in [-0.4, -0.2) is 37.4 Å². The van der Waals surface area contributed by atoms with Crippen molar-refractivity contribution in [3.63, 3.8) is 0 Å². The van der Waals surface area contributed by atoms with Gasteiger partial charge in [-0.3, -0.25) is 9.89 Å². The van der Waals surface area contributed by atoms with E-state index in [1.807, 2.05) is 54.2 Å². The summed E-state index contributed by atoms with van der Waals surface area (Å²) >= 11 is 1.60. The van der Waals surface area contributed by atoms with E-state index in [9.17, 15) is 4.79 Å². The lowest BCUT2D eigenvalue weighted by atomic mass is 10.1. The summed E-state index contributed by atoms with van der Waals surface area (Å²) in [4.78, 5) is 17.8. The first kappa shape index (κ1) is 18.1. The molecule has 4 aromatic heterocycles. The van der Waals surface area contributed by atoms with E-state index in [0.29, 0.717) is 18.7 Å². The van der Waals surface area contributed by atoms with Crippen molar-refractivity contribution >= 4 is 17.2 Å². The number of thiophene rings is 1. The van der Waals surface area contributed by atoms with E-state index < -0.39 is 0 Å². The predicted molar refractivity (Wildman–Crippen MR) is 109 cm³/mol. The van der Waals surface area contributed by atoms with Gasteiger partial charge in [-0.1, -0.05) is 12.1 Å². The van der Waals surface area contributed by atoms with Crippen molar-refractivity contribution in [2.75, 3.05) is 6.54 Å². The van der Waals surface area contributed by atoms with Crippen LogP contribution in [0.3, 0.4) is 0 Å². The standard InChI is InChI=1S/C20H20N6OS/c1-13-15(14(2)26(25-13)19-7-3-4-9-21-19)8-10-22-20(27)17-12-16(23-24-17)18-6-5-11-28-18/h3-7,9,11-12H,8,10H2,1-2H3,(H,22,27)(H,23,24). The van der Waals surface area contributed by atoms with Crippen LogP contribution in [0.25, 0.3) is 16.4 Å². The highest BCUT2D eigenvalue weighted by Crippen LogP contribution is 2.23. The number of nitrogens with zero attached hydrogens (tertiary/aromatic N) is 4. The molecular weight excluding hydrogens is 372 g/mol. The molecule has 0 aliphatic carbocycles. The van der Waals surface area contributed by atoms with E-state index in [2.05, 4.69) is 25.6 Å². The largest absolute Gasteiger partial charge is 0.350 e. The molecule has 2 N–H and O–H groups in total. The third-order valence-electron chi connectivity index (χ3n) is 4.57. The lowest BCUT2D eigenvalue weighted by Gasteiger charge is -2.05. The van der Waals surface area contributed by atoms with Gasteiger partial charge < -0.3 is 5.32 Å². The normalized spacial score (nSPS) is 10.9. The molecule has 4 rings (SSSR count). The smallest absolute Gasteiger partial charge is 0.271 e. The van der Waals surface area contributed by atoms with E-state index in [-0.39, 0.29) is 5.91 Å². The third-order valence-corrected chi connectivity index (χ3v) is 5.47. The van der Waals surface area contributed by atoms with E-state index in [0.717, 1.165) is 33.3 Å². The molecule has 0 radical (unpaired) electrons. The van der Waals surface area contributed by atoms with Gasteiger partial charge in [0.1, 0.15) is 0 Å². The summed E-state index contributed by atoms with van der Waals surface area (Å²) in [5, 5.41) is 16.6. The van der Waals surface area contributed by atoms with Crippen LogP contribution in [0.2, 0.25) is 0 Å². The van der Waals surface area contributed by atoms with Crippen molar-refractivity contribution in [1.29, 1.82) is 0 Å². The van der Waals surface area contributed by atoms with E-state index >= 15 is 0 Å². The molecule has 4 aromatic rings. The molecule has 0 spiro atoms. The predicted octanol–water partition coefficient (Wildman–Crippen LogP) is 3.31. The molecule has 28 heavy (non-hydrogen) atoms. The van der Waals surface area contributed by atoms with E-state index in [1.54, 1.807) is 23.6 Å². The molecule has 0 bridgehead atoms. The highest BCUT2D eigenvalue weighted by atomic mass is 32.1. The Morgan fingerprint density at radius 2 is 2.14 bits per heavy atom. The molecule has 0 atom stereocenters.